The second-order valence-corrected chi connectivity index (χ2v) is 8.91. The Kier molecular flexibility index (Phi) is 4.18. The molecule has 0 radical (unpaired) electrons. The summed E-state index contributed by atoms with van der Waals surface area (Å²) in [6, 6.07) is 4.38. The van der Waals surface area contributed by atoms with Crippen LogP contribution < -0.4 is 9.92 Å². The SMILES string of the molecule is NC(=O)C1CC(O)c2cc(OS(=O)(=O)c3c(Cl)nc4n3CCS4)ccc21. The molecular weight excluding hydrogens is 402 g/mol. The zero-order valence-corrected chi connectivity index (χ0v) is 15.6. The highest BCUT2D eigenvalue weighted by Crippen LogP contribution is 2.42. The minimum atomic E-state index is -4.21. The standard InChI is InChI=1S/C15H14ClN3O5S2/c16-12-14(19-3-4-25-15(19)18-12)26(22,23)24-7-1-2-8-9(5-7)11(20)6-10(8)13(17)21/h1-2,5,10-11,20H,3-4,6H2,(H2,17,21). The number of rotatable bonds is 4. The Bertz CT molecular complexity index is 1020. The summed E-state index contributed by atoms with van der Waals surface area (Å²) < 4.78 is 32.1. The van der Waals surface area contributed by atoms with Gasteiger partial charge in [-0.05, 0) is 29.7 Å². The van der Waals surface area contributed by atoms with E-state index in [4.69, 9.17) is 21.5 Å². The third-order valence-corrected chi connectivity index (χ3v) is 7.06. The molecule has 11 heteroatoms. The summed E-state index contributed by atoms with van der Waals surface area (Å²) in [6.07, 6.45) is -0.743. The summed E-state index contributed by atoms with van der Waals surface area (Å²) in [7, 11) is -4.21. The summed E-state index contributed by atoms with van der Waals surface area (Å²) >= 11 is 7.40. The van der Waals surface area contributed by atoms with Crippen molar-refractivity contribution in [1.82, 2.24) is 9.55 Å². The van der Waals surface area contributed by atoms with Crippen molar-refractivity contribution in [1.29, 1.82) is 0 Å². The average Bonchev–Trinajstić information content (AvgIpc) is 3.20. The molecule has 1 aliphatic heterocycles. The van der Waals surface area contributed by atoms with Gasteiger partial charge in [-0.3, -0.25) is 4.79 Å². The number of thioether (sulfide) groups is 1. The fourth-order valence-electron chi connectivity index (χ4n) is 3.29. The smallest absolute Gasteiger partial charge is 0.358 e. The number of amides is 1. The van der Waals surface area contributed by atoms with E-state index in [1.54, 1.807) is 6.07 Å². The van der Waals surface area contributed by atoms with Gasteiger partial charge < -0.3 is 19.6 Å². The summed E-state index contributed by atoms with van der Waals surface area (Å²) in [5, 5.41) is 10.3. The summed E-state index contributed by atoms with van der Waals surface area (Å²) in [5.74, 6) is -0.412. The molecule has 0 saturated heterocycles. The van der Waals surface area contributed by atoms with Crippen molar-refractivity contribution < 1.29 is 22.5 Å². The monoisotopic (exact) mass is 415 g/mol. The first-order valence-corrected chi connectivity index (χ1v) is 10.5. The van der Waals surface area contributed by atoms with E-state index in [2.05, 4.69) is 4.98 Å². The van der Waals surface area contributed by atoms with Crippen molar-refractivity contribution in [3.8, 4) is 5.75 Å². The lowest BCUT2D eigenvalue weighted by molar-refractivity contribution is -0.119. The molecule has 2 heterocycles. The first-order valence-electron chi connectivity index (χ1n) is 7.72. The first kappa shape index (κ1) is 17.7. The van der Waals surface area contributed by atoms with E-state index >= 15 is 0 Å². The maximum atomic E-state index is 12.7. The number of hydrogen-bond acceptors (Lipinski definition) is 7. The van der Waals surface area contributed by atoms with E-state index in [0.717, 1.165) is 0 Å². The molecule has 0 bridgehead atoms. The Labute approximate surface area is 158 Å². The van der Waals surface area contributed by atoms with Gasteiger partial charge in [0.05, 0.1) is 12.0 Å². The van der Waals surface area contributed by atoms with Crippen LogP contribution in [0.25, 0.3) is 0 Å². The van der Waals surface area contributed by atoms with Crippen LogP contribution in [0, 0.1) is 0 Å². The van der Waals surface area contributed by atoms with Crippen LogP contribution in [0.4, 0.5) is 0 Å². The molecule has 2 aliphatic rings. The van der Waals surface area contributed by atoms with E-state index in [9.17, 15) is 18.3 Å². The molecule has 1 aromatic heterocycles. The number of carbonyl (C=O) groups is 1. The van der Waals surface area contributed by atoms with E-state index in [1.807, 2.05) is 0 Å². The van der Waals surface area contributed by atoms with Gasteiger partial charge >= 0.3 is 10.1 Å². The third-order valence-electron chi connectivity index (χ3n) is 4.43. The number of primary amides is 1. The van der Waals surface area contributed by atoms with Gasteiger partial charge in [-0.25, -0.2) is 4.98 Å². The predicted molar refractivity (Wildman–Crippen MR) is 93.7 cm³/mol. The summed E-state index contributed by atoms with van der Waals surface area (Å²) in [6.45, 7) is 0.473. The number of aliphatic hydroxyl groups is 1. The molecule has 1 amide bonds. The molecule has 0 spiro atoms. The Morgan fingerprint density at radius 3 is 2.92 bits per heavy atom. The molecule has 4 rings (SSSR count). The maximum absolute atomic E-state index is 12.7. The minimum Gasteiger partial charge on any atom is -0.388 e. The van der Waals surface area contributed by atoms with Gasteiger partial charge in [-0.1, -0.05) is 29.4 Å². The molecule has 0 fully saturated rings. The Hall–Kier alpha value is -1.75. The number of carbonyl (C=O) groups excluding carboxylic acids is 1. The van der Waals surface area contributed by atoms with Crippen molar-refractivity contribution in [3.05, 3.63) is 34.5 Å². The molecule has 8 nitrogen and oxygen atoms in total. The molecular formula is C15H14ClN3O5S2. The van der Waals surface area contributed by atoms with Gasteiger partial charge in [0.15, 0.2) is 10.3 Å². The summed E-state index contributed by atoms with van der Waals surface area (Å²) in [4.78, 5) is 15.5. The lowest BCUT2D eigenvalue weighted by Gasteiger charge is -2.11. The van der Waals surface area contributed by atoms with E-state index < -0.39 is 28.0 Å². The largest absolute Gasteiger partial charge is 0.388 e. The molecule has 138 valence electrons. The van der Waals surface area contributed by atoms with Crippen molar-refractivity contribution >= 4 is 39.4 Å². The van der Waals surface area contributed by atoms with Crippen molar-refractivity contribution in [2.24, 2.45) is 5.73 Å². The van der Waals surface area contributed by atoms with Crippen LogP contribution in [0.15, 0.2) is 28.4 Å². The van der Waals surface area contributed by atoms with Gasteiger partial charge in [0.25, 0.3) is 0 Å². The second kappa shape index (κ2) is 6.15. The quantitative estimate of drug-likeness (QED) is 0.723. The third kappa shape index (κ3) is 2.77. The topological polar surface area (TPSA) is 125 Å². The molecule has 2 aromatic rings. The van der Waals surface area contributed by atoms with Crippen LogP contribution in [0.2, 0.25) is 5.15 Å². The molecule has 3 N–H and O–H groups in total. The molecule has 26 heavy (non-hydrogen) atoms. The van der Waals surface area contributed by atoms with Crippen LogP contribution in [0.5, 0.6) is 5.75 Å². The molecule has 1 aliphatic carbocycles. The first-order chi connectivity index (χ1) is 12.3. The highest BCUT2D eigenvalue weighted by atomic mass is 35.5. The molecule has 2 unspecified atom stereocenters. The Morgan fingerprint density at radius 2 is 2.19 bits per heavy atom. The van der Waals surface area contributed by atoms with Crippen LogP contribution in [-0.4, -0.2) is 34.7 Å². The highest BCUT2D eigenvalue weighted by molar-refractivity contribution is 7.99. The normalized spacial score (nSPS) is 21.5. The molecule has 1 aromatic carbocycles. The number of halogens is 1. The Balaban J connectivity index is 1.68. The van der Waals surface area contributed by atoms with Crippen LogP contribution in [0.3, 0.4) is 0 Å². The van der Waals surface area contributed by atoms with Gasteiger partial charge in [-0.15, -0.1) is 0 Å². The number of aliphatic hydroxyl groups excluding tert-OH is 1. The fourth-order valence-corrected chi connectivity index (χ4v) is 5.95. The zero-order chi connectivity index (χ0) is 18.6. The van der Waals surface area contributed by atoms with Gasteiger partial charge in [0.1, 0.15) is 5.75 Å². The zero-order valence-electron chi connectivity index (χ0n) is 13.3. The van der Waals surface area contributed by atoms with Crippen molar-refractivity contribution in [3.63, 3.8) is 0 Å². The van der Waals surface area contributed by atoms with Gasteiger partial charge in [0.2, 0.25) is 10.9 Å². The van der Waals surface area contributed by atoms with Crippen LogP contribution in [-0.2, 0) is 21.5 Å². The summed E-state index contributed by atoms with van der Waals surface area (Å²) in [5.41, 5.74) is 6.35. The average molecular weight is 416 g/mol. The highest BCUT2D eigenvalue weighted by Gasteiger charge is 2.35. The van der Waals surface area contributed by atoms with Crippen LogP contribution in [0.1, 0.15) is 29.6 Å². The Morgan fingerprint density at radius 1 is 1.42 bits per heavy atom. The number of benzene rings is 1. The number of imidazole rings is 1. The van der Waals surface area contributed by atoms with E-state index in [1.165, 1.54) is 28.5 Å². The van der Waals surface area contributed by atoms with E-state index in [0.29, 0.717) is 28.6 Å². The molecule has 0 saturated carbocycles. The minimum absolute atomic E-state index is 0.0187. The number of nitrogens with zero attached hydrogens (tertiary/aromatic N) is 2. The van der Waals surface area contributed by atoms with Gasteiger partial charge in [0, 0.05) is 12.3 Å². The van der Waals surface area contributed by atoms with Crippen LogP contribution >= 0.6 is 23.4 Å². The fraction of sp³-hybridized carbons (Fsp3) is 0.333. The van der Waals surface area contributed by atoms with Crippen molar-refractivity contribution in [2.75, 3.05) is 5.75 Å². The lowest BCUT2D eigenvalue weighted by atomic mass is 10.0. The molecule has 2 atom stereocenters. The number of aromatic nitrogens is 2. The number of nitrogens with two attached hydrogens (primary N) is 1. The number of fused-ring (bicyclic) bond motifs is 2. The van der Waals surface area contributed by atoms with E-state index in [-0.39, 0.29) is 22.3 Å². The van der Waals surface area contributed by atoms with Gasteiger partial charge in [-0.2, -0.15) is 8.42 Å². The number of hydrogen-bond donors (Lipinski definition) is 2. The predicted octanol–water partition coefficient (Wildman–Crippen LogP) is 1.42. The van der Waals surface area contributed by atoms with Crippen molar-refractivity contribution in [2.45, 2.75) is 35.2 Å². The second-order valence-electron chi connectivity index (χ2n) is 6.03. The lowest BCUT2D eigenvalue weighted by Crippen LogP contribution is -2.19. The maximum Gasteiger partial charge on any atom is 0.358 e.